The average molecular weight is 321 g/mol. The Morgan fingerprint density at radius 3 is 2.26 bits per heavy atom. The summed E-state index contributed by atoms with van der Waals surface area (Å²) in [6.07, 6.45) is 9.33. The van der Waals surface area contributed by atoms with Crippen LogP contribution in [0.15, 0.2) is 0 Å². The molecule has 0 aromatic heterocycles. The van der Waals surface area contributed by atoms with Gasteiger partial charge in [-0.15, -0.1) is 0 Å². The molecule has 23 heavy (non-hydrogen) atoms. The number of amides is 2. The standard InChI is InChI=1S/C18H31N3O2/c1-13(22)20-17(15-4-2-3-5-15)18(23)21-10-8-16(9-11-21)19-12-14-6-7-14/h14-17,19H,2-12H2,1H3,(H,20,22). The minimum absolute atomic E-state index is 0.0868. The van der Waals surface area contributed by atoms with Gasteiger partial charge in [0.1, 0.15) is 6.04 Å². The zero-order chi connectivity index (χ0) is 16.2. The molecule has 2 aliphatic carbocycles. The fraction of sp³-hybridized carbons (Fsp3) is 0.889. The molecular formula is C18H31N3O2. The number of nitrogens with one attached hydrogen (secondary N) is 2. The third-order valence-corrected chi connectivity index (χ3v) is 5.69. The number of carbonyl (C=O) groups excluding carboxylic acids is 2. The molecule has 5 nitrogen and oxygen atoms in total. The Kier molecular flexibility index (Phi) is 5.57. The van der Waals surface area contributed by atoms with E-state index in [0.29, 0.717) is 12.0 Å². The number of nitrogens with zero attached hydrogens (tertiary/aromatic N) is 1. The highest BCUT2D eigenvalue weighted by Crippen LogP contribution is 2.30. The number of rotatable bonds is 6. The average Bonchev–Trinajstić information content (AvgIpc) is 3.22. The summed E-state index contributed by atoms with van der Waals surface area (Å²) < 4.78 is 0. The lowest BCUT2D eigenvalue weighted by Crippen LogP contribution is -2.54. The second-order valence-electron chi connectivity index (χ2n) is 7.67. The van der Waals surface area contributed by atoms with Crippen LogP contribution in [-0.4, -0.2) is 48.4 Å². The van der Waals surface area contributed by atoms with Crippen LogP contribution in [0.2, 0.25) is 0 Å². The first kappa shape index (κ1) is 16.7. The first-order valence-electron chi connectivity index (χ1n) is 9.42. The fourth-order valence-electron chi connectivity index (χ4n) is 4.05. The van der Waals surface area contributed by atoms with Crippen molar-refractivity contribution in [2.75, 3.05) is 19.6 Å². The lowest BCUT2D eigenvalue weighted by molar-refractivity contribution is -0.138. The molecule has 1 heterocycles. The van der Waals surface area contributed by atoms with E-state index >= 15 is 0 Å². The van der Waals surface area contributed by atoms with E-state index in [4.69, 9.17) is 0 Å². The van der Waals surface area contributed by atoms with E-state index in [2.05, 4.69) is 10.6 Å². The van der Waals surface area contributed by atoms with Crippen molar-refractivity contribution in [3.8, 4) is 0 Å². The minimum Gasteiger partial charge on any atom is -0.344 e. The summed E-state index contributed by atoms with van der Waals surface area (Å²) in [6, 6.07) is 0.260. The molecule has 0 aromatic rings. The second-order valence-corrected chi connectivity index (χ2v) is 7.67. The molecule has 0 radical (unpaired) electrons. The summed E-state index contributed by atoms with van der Waals surface area (Å²) in [4.78, 5) is 26.4. The molecule has 2 N–H and O–H groups in total. The van der Waals surface area contributed by atoms with E-state index in [9.17, 15) is 9.59 Å². The summed E-state index contributed by atoms with van der Waals surface area (Å²) in [7, 11) is 0. The maximum absolute atomic E-state index is 12.9. The number of carbonyl (C=O) groups is 2. The number of likely N-dealkylation sites (tertiary alicyclic amines) is 1. The quantitative estimate of drug-likeness (QED) is 0.782. The fourth-order valence-corrected chi connectivity index (χ4v) is 4.05. The van der Waals surface area contributed by atoms with Crippen molar-refractivity contribution in [3.63, 3.8) is 0 Å². The van der Waals surface area contributed by atoms with E-state index in [1.807, 2.05) is 4.90 Å². The Bertz CT molecular complexity index is 422. The number of piperidine rings is 1. The molecule has 1 aliphatic heterocycles. The highest BCUT2D eigenvalue weighted by atomic mass is 16.2. The Morgan fingerprint density at radius 1 is 1.04 bits per heavy atom. The van der Waals surface area contributed by atoms with Gasteiger partial charge in [-0.1, -0.05) is 12.8 Å². The predicted molar refractivity (Wildman–Crippen MR) is 89.9 cm³/mol. The van der Waals surface area contributed by atoms with Crippen LogP contribution in [0.4, 0.5) is 0 Å². The first-order valence-corrected chi connectivity index (χ1v) is 9.42. The van der Waals surface area contributed by atoms with Crippen molar-refractivity contribution in [1.29, 1.82) is 0 Å². The van der Waals surface area contributed by atoms with Crippen LogP contribution in [0.1, 0.15) is 58.3 Å². The lowest BCUT2D eigenvalue weighted by atomic mass is 9.95. The third kappa shape index (κ3) is 4.69. The Morgan fingerprint density at radius 2 is 1.70 bits per heavy atom. The second kappa shape index (κ2) is 7.65. The van der Waals surface area contributed by atoms with Crippen LogP contribution in [-0.2, 0) is 9.59 Å². The normalized spacial score (nSPS) is 24.7. The zero-order valence-corrected chi connectivity index (χ0v) is 14.4. The van der Waals surface area contributed by atoms with Crippen molar-refractivity contribution in [2.24, 2.45) is 11.8 Å². The van der Waals surface area contributed by atoms with Gasteiger partial charge in [-0.3, -0.25) is 9.59 Å². The minimum atomic E-state index is -0.300. The van der Waals surface area contributed by atoms with Crippen molar-refractivity contribution >= 4 is 11.8 Å². The van der Waals surface area contributed by atoms with Gasteiger partial charge in [0.2, 0.25) is 11.8 Å². The maximum atomic E-state index is 12.9. The van der Waals surface area contributed by atoms with Crippen LogP contribution < -0.4 is 10.6 Å². The van der Waals surface area contributed by atoms with Gasteiger partial charge >= 0.3 is 0 Å². The van der Waals surface area contributed by atoms with E-state index in [0.717, 1.165) is 51.2 Å². The van der Waals surface area contributed by atoms with Gasteiger partial charge in [0.15, 0.2) is 0 Å². The predicted octanol–water partition coefficient (Wildman–Crippen LogP) is 1.67. The van der Waals surface area contributed by atoms with Gasteiger partial charge in [0.05, 0.1) is 0 Å². The molecule has 1 atom stereocenters. The third-order valence-electron chi connectivity index (χ3n) is 5.69. The largest absolute Gasteiger partial charge is 0.344 e. The number of hydrogen-bond acceptors (Lipinski definition) is 3. The smallest absolute Gasteiger partial charge is 0.245 e. The van der Waals surface area contributed by atoms with Crippen molar-refractivity contribution in [2.45, 2.75) is 70.4 Å². The zero-order valence-electron chi connectivity index (χ0n) is 14.4. The SMILES string of the molecule is CC(=O)NC(C(=O)N1CCC(NCC2CC2)CC1)C1CCCC1. The molecule has 0 spiro atoms. The summed E-state index contributed by atoms with van der Waals surface area (Å²) >= 11 is 0. The van der Waals surface area contributed by atoms with Gasteiger partial charge in [-0.25, -0.2) is 0 Å². The summed E-state index contributed by atoms with van der Waals surface area (Å²) in [6.45, 7) is 4.31. The highest BCUT2D eigenvalue weighted by Gasteiger charge is 2.35. The van der Waals surface area contributed by atoms with E-state index in [1.165, 1.54) is 32.6 Å². The Labute approximate surface area is 139 Å². The lowest BCUT2D eigenvalue weighted by Gasteiger charge is -2.36. The molecule has 0 bridgehead atoms. The summed E-state index contributed by atoms with van der Waals surface area (Å²) in [5.41, 5.74) is 0. The first-order chi connectivity index (χ1) is 11.1. The van der Waals surface area contributed by atoms with Crippen LogP contribution >= 0.6 is 0 Å². The molecule has 5 heteroatoms. The van der Waals surface area contributed by atoms with Gasteiger partial charge in [0, 0.05) is 26.1 Å². The van der Waals surface area contributed by atoms with Crippen molar-refractivity contribution < 1.29 is 9.59 Å². The molecule has 2 saturated carbocycles. The molecule has 3 rings (SSSR count). The number of hydrogen-bond donors (Lipinski definition) is 2. The topological polar surface area (TPSA) is 61.4 Å². The van der Waals surface area contributed by atoms with Gasteiger partial charge in [-0.05, 0) is 56.9 Å². The van der Waals surface area contributed by atoms with Gasteiger partial charge in [-0.2, -0.15) is 0 Å². The van der Waals surface area contributed by atoms with Gasteiger partial charge in [0.25, 0.3) is 0 Å². The molecule has 3 aliphatic rings. The van der Waals surface area contributed by atoms with E-state index < -0.39 is 0 Å². The molecule has 2 amide bonds. The van der Waals surface area contributed by atoms with Crippen molar-refractivity contribution in [1.82, 2.24) is 15.5 Å². The molecule has 130 valence electrons. The highest BCUT2D eigenvalue weighted by molar-refractivity contribution is 5.87. The van der Waals surface area contributed by atoms with E-state index in [1.54, 1.807) is 0 Å². The van der Waals surface area contributed by atoms with Crippen LogP contribution in [0, 0.1) is 11.8 Å². The molecule has 3 fully saturated rings. The van der Waals surface area contributed by atoms with Crippen LogP contribution in [0.3, 0.4) is 0 Å². The molecular weight excluding hydrogens is 290 g/mol. The van der Waals surface area contributed by atoms with Crippen molar-refractivity contribution in [3.05, 3.63) is 0 Å². The van der Waals surface area contributed by atoms with E-state index in [-0.39, 0.29) is 17.9 Å². The monoisotopic (exact) mass is 321 g/mol. The van der Waals surface area contributed by atoms with Gasteiger partial charge < -0.3 is 15.5 Å². The molecule has 0 aromatic carbocycles. The molecule has 1 saturated heterocycles. The molecule has 1 unspecified atom stereocenters. The Balaban J connectivity index is 1.49. The maximum Gasteiger partial charge on any atom is 0.245 e. The summed E-state index contributed by atoms with van der Waals surface area (Å²) in [5.74, 6) is 1.29. The van der Waals surface area contributed by atoms with Crippen LogP contribution in [0.5, 0.6) is 0 Å². The summed E-state index contributed by atoms with van der Waals surface area (Å²) in [5, 5.41) is 6.58. The Hall–Kier alpha value is -1.10. The van der Waals surface area contributed by atoms with Crippen LogP contribution in [0.25, 0.3) is 0 Å².